The van der Waals surface area contributed by atoms with E-state index >= 15 is 0 Å². The summed E-state index contributed by atoms with van der Waals surface area (Å²) in [6.07, 6.45) is 4.87. The topological polar surface area (TPSA) is 195 Å². The van der Waals surface area contributed by atoms with Crippen molar-refractivity contribution in [3.05, 3.63) is 111 Å². The Morgan fingerprint density at radius 3 is 2.56 bits per heavy atom. The molecule has 1 atom stereocenters. The molecule has 14 nitrogen and oxygen atoms in total. The van der Waals surface area contributed by atoms with E-state index in [1.54, 1.807) is 0 Å². The highest BCUT2D eigenvalue weighted by Crippen LogP contribution is 2.20. The molecule has 1 amide bonds. The largest absolute Gasteiger partial charge is 0.480 e. The molecular weight excluding hydrogens is 587 g/mol. The minimum Gasteiger partial charge on any atom is -0.480 e. The Labute approximate surface area is 241 Å². The second kappa shape index (κ2) is 11.3. The van der Waals surface area contributed by atoms with Gasteiger partial charge < -0.3 is 14.8 Å². The van der Waals surface area contributed by atoms with Crippen molar-refractivity contribution < 1.29 is 31.9 Å². The summed E-state index contributed by atoms with van der Waals surface area (Å²) >= 11 is 0. The highest BCUT2D eigenvalue weighted by Gasteiger charge is 2.25. The van der Waals surface area contributed by atoms with E-state index in [0.717, 1.165) is 29.0 Å². The van der Waals surface area contributed by atoms with E-state index < -0.39 is 55.7 Å². The number of hydrogen-bond acceptors (Lipinski definition) is 9. The molecule has 43 heavy (non-hydrogen) atoms. The van der Waals surface area contributed by atoms with Gasteiger partial charge >= 0.3 is 11.7 Å². The summed E-state index contributed by atoms with van der Waals surface area (Å²) in [6.45, 7) is 0. The van der Waals surface area contributed by atoms with Gasteiger partial charge in [-0.15, -0.1) is 0 Å². The Morgan fingerprint density at radius 2 is 1.91 bits per heavy atom. The van der Waals surface area contributed by atoms with Gasteiger partial charge in [-0.2, -0.15) is 8.42 Å². The monoisotopic (exact) mass is 608 g/mol. The molecule has 0 saturated carbocycles. The summed E-state index contributed by atoms with van der Waals surface area (Å²) in [5.74, 6) is -3.61. The molecule has 5 rings (SSSR count). The van der Waals surface area contributed by atoms with Crippen LogP contribution >= 0.6 is 0 Å². The van der Waals surface area contributed by atoms with Crippen LogP contribution in [-0.2, 0) is 28.3 Å². The third-order valence-corrected chi connectivity index (χ3v) is 7.65. The molecule has 4 aromatic heterocycles. The number of furan rings is 1. The van der Waals surface area contributed by atoms with E-state index in [-0.39, 0.29) is 28.9 Å². The van der Waals surface area contributed by atoms with Crippen molar-refractivity contribution >= 4 is 38.5 Å². The molecule has 0 radical (unpaired) electrons. The summed E-state index contributed by atoms with van der Waals surface area (Å²) in [7, 11) is -2.64. The molecule has 1 aromatic carbocycles. The number of amides is 1. The molecule has 3 N–H and O–H groups in total. The van der Waals surface area contributed by atoms with E-state index in [0.29, 0.717) is 5.52 Å². The fraction of sp³-hybridized carbons (Fsp3) is 0.111. The molecule has 16 heteroatoms. The fourth-order valence-electron chi connectivity index (χ4n) is 4.22. The average molecular weight is 609 g/mol. The maximum absolute atomic E-state index is 14.8. The van der Waals surface area contributed by atoms with E-state index in [1.807, 2.05) is 0 Å². The number of rotatable bonds is 9. The van der Waals surface area contributed by atoms with Crippen LogP contribution in [-0.4, -0.2) is 50.5 Å². The Hall–Kier alpha value is -5.64. The first-order valence-corrected chi connectivity index (χ1v) is 13.8. The van der Waals surface area contributed by atoms with Crippen LogP contribution in [0.1, 0.15) is 16.1 Å². The summed E-state index contributed by atoms with van der Waals surface area (Å²) in [6, 6.07) is 8.17. The number of carbonyl (C=O) groups excluding carboxylic acids is 1. The van der Waals surface area contributed by atoms with Crippen molar-refractivity contribution in [1.29, 1.82) is 0 Å². The number of nitrogens with one attached hydrogen (secondary N) is 2. The average Bonchev–Trinajstić information content (AvgIpc) is 3.53. The van der Waals surface area contributed by atoms with Crippen LogP contribution in [0.15, 0.2) is 92.5 Å². The fourth-order valence-corrected chi connectivity index (χ4v) is 5.20. The van der Waals surface area contributed by atoms with E-state index in [1.165, 1.54) is 60.5 Å². The van der Waals surface area contributed by atoms with Gasteiger partial charge in [-0.05, 0) is 48.5 Å². The van der Waals surface area contributed by atoms with Gasteiger partial charge in [-0.1, -0.05) is 0 Å². The smallest absolute Gasteiger partial charge is 0.335 e. The van der Waals surface area contributed by atoms with Crippen molar-refractivity contribution in [2.45, 2.75) is 17.6 Å². The highest BCUT2D eigenvalue weighted by atomic mass is 32.2. The lowest BCUT2D eigenvalue weighted by Crippen LogP contribution is -2.42. The van der Waals surface area contributed by atoms with Crippen molar-refractivity contribution in [3.8, 4) is 5.69 Å². The zero-order valence-corrected chi connectivity index (χ0v) is 22.9. The lowest BCUT2D eigenvalue weighted by molar-refractivity contribution is -0.139. The number of anilines is 1. The zero-order chi connectivity index (χ0) is 30.9. The number of hydrogen-bond donors (Lipinski definition) is 3. The van der Waals surface area contributed by atoms with Crippen LogP contribution in [0.2, 0.25) is 0 Å². The van der Waals surface area contributed by atoms with Gasteiger partial charge in [-0.3, -0.25) is 28.8 Å². The van der Waals surface area contributed by atoms with Crippen LogP contribution in [0.25, 0.3) is 16.6 Å². The summed E-state index contributed by atoms with van der Waals surface area (Å²) in [4.78, 5) is 58.6. The highest BCUT2D eigenvalue weighted by molar-refractivity contribution is 7.92. The van der Waals surface area contributed by atoms with Crippen LogP contribution in [0, 0.1) is 5.82 Å². The van der Waals surface area contributed by atoms with Gasteiger partial charge in [0.15, 0.2) is 0 Å². The number of benzene rings is 1. The number of aryl methyl sites for hydroxylation is 1. The predicted molar refractivity (Wildman–Crippen MR) is 149 cm³/mol. The van der Waals surface area contributed by atoms with Crippen LogP contribution in [0.5, 0.6) is 0 Å². The van der Waals surface area contributed by atoms with E-state index in [4.69, 9.17) is 4.42 Å². The third-order valence-electron chi connectivity index (χ3n) is 6.38. The number of carbonyl (C=O) groups is 2. The molecule has 0 unspecified atom stereocenters. The van der Waals surface area contributed by atoms with Gasteiger partial charge in [0.25, 0.3) is 21.5 Å². The first-order chi connectivity index (χ1) is 20.5. The number of aromatic nitrogens is 4. The van der Waals surface area contributed by atoms with Crippen LogP contribution in [0.4, 0.5) is 10.1 Å². The normalized spacial score (nSPS) is 12.1. The number of nitrogens with zero attached hydrogens (tertiary/aromatic N) is 4. The van der Waals surface area contributed by atoms with Gasteiger partial charge in [0.05, 0.1) is 46.5 Å². The second-order valence-corrected chi connectivity index (χ2v) is 10.8. The lowest BCUT2D eigenvalue weighted by atomic mass is 10.1. The van der Waals surface area contributed by atoms with E-state index in [2.05, 4.69) is 20.0 Å². The number of carboxylic acid groups (broad SMARTS) is 1. The summed E-state index contributed by atoms with van der Waals surface area (Å²) in [5, 5.41) is 11.8. The Bertz CT molecular complexity index is 2090. The number of aliphatic carboxylic acids is 1. The van der Waals surface area contributed by atoms with Crippen LogP contribution < -0.4 is 21.3 Å². The van der Waals surface area contributed by atoms with E-state index in [9.17, 15) is 37.1 Å². The number of sulfonamides is 1. The minimum atomic E-state index is -4.13. The van der Waals surface area contributed by atoms with Gasteiger partial charge in [0.1, 0.15) is 11.9 Å². The zero-order valence-electron chi connectivity index (χ0n) is 22.1. The SMILES string of the molecule is Cn1c(=O)n(-c2ccc(C[C@H](NC(=O)c3ccc(NS(=O)(=O)c4ccco4)cc3F)C(=O)O)nc2)c(=O)c2ccncc21. The Kier molecular flexibility index (Phi) is 7.60. The number of fused-ring (bicyclic) bond motifs is 1. The summed E-state index contributed by atoms with van der Waals surface area (Å²) < 4.78 is 48.4. The first-order valence-electron chi connectivity index (χ1n) is 12.4. The lowest BCUT2D eigenvalue weighted by Gasteiger charge is -2.15. The predicted octanol–water partition coefficient (Wildman–Crippen LogP) is 1.44. The van der Waals surface area contributed by atoms with Crippen LogP contribution in [0.3, 0.4) is 0 Å². The van der Waals surface area contributed by atoms with Crippen molar-refractivity contribution in [3.63, 3.8) is 0 Å². The molecular formula is C27H21FN6O8S. The molecule has 0 aliphatic heterocycles. The summed E-state index contributed by atoms with van der Waals surface area (Å²) in [5.41, 5.74) is -1.29. The first kappa shape index (κ1) is 28.9. The molecule has 0 aliphatic rings. The molecule has 0 bridgehead atoms. The van der Waals surface area contributed by atoms with Gasteiger partial charge in [-0.25, -0.2) is 18.5 Å². The molecule has 0 fully saturated rings. The van der Waals surface area contributed by atoms with Crippen molar-refractivity contribution in [2.24, 2.45) is 7.05 Å². The third kappa shape index (κ3) is 5.76. The van der Waals surface area contributed by atoms with Crippen molar-refractivity contribution in [1.82, 2.24) is 24.4 Å². The molecule has 0 saturated heterocycles. The molecule has 0 aliphatic carbocycles. The van der Waals surface area contributed by atoms with Crippen molar-refractivity contribution in [2.75, 3.05) is 4.72 Å². The number of halogens is 1. The number of carboxylic acids is 1. The Morgan fingerprint density at radius 1 is 1.12 bits per heavy atom. The quantitative estimate of drug-likeness (QED) is 0.220. The maximum atomic E-state index is 14.8. The molecule has 4 heterocycles. The molecule has 220 valence electrons. The van der Waals surface area contributed by atoms with Gasteiger partial charge in [0, 0.05) is 25.4 Å². The maximum Gasteiger partial charge on any atom is 0.335 e. The minimum absolute atomic E-state index is 0.133. The standard InChI is InChI=1S/C27H21FN6O8S/c1-33-22-14-29-9-8-19(22)25(36)34(27(33)39)17-6-4-15(30-13-17)12-21(26(37)38)31-24(35)18-7-5-16(11-20(18)28)32-43(40,41)23-3-2-10-42-23/h2-11,13-14,21,32H,12H2,1H3,(H,31,35)(H,37,38)/t21-/m0/s1. The second-order valence-electron chi connectivity index (χ2n) is 9.18. The molecule has 5 aromatic rings. The number of pyridine rings is 2. The Balaban J connectivity index is 1.32. The molecule has 0 spiro atoms. The van der Waals surface area contributed by atoms with Gasteiger partial charge in [0.2, 0.25) is 5.09 Å².